The van der Waals surface area contributed by atoms with E-state index in [0.29, 0.717) is 26.1 Å². The second-order valence-electron chi connectivity index (χ2n) is 4.82. The van der Waals surface area contributed by atoms with Gasteiger partial charge in [-0.25, -0.2) is 8.42 Å². The second-order valence-corrected chi connectivity index (χ2v) is 7.54. The predicted molar refractivity (Wildman–Crippen MR) is 76.7 cm³/mol. The summed E-state index contributed by atoms with van der Waals surface area (Å²) in [7, 11) is -2.94. The molecule has 0 bridgehead atoms. The highest BCUT2D eigenvalue weighted by Crippen LogP contribution is 2.25. The van der Waals surface area contributed by atoms with E-state index in [-0.39, 0.29) is 22.2 Å². The molecule has 110 valence electrons. The number of rotatable bonds is 3. The van der Waals surface area contributed by atoms with E-state index in [1.807, 2.05) is 4.90 Å². The molecule has 0 unspecified atom stereocenters. The van der Waals surface area contributed by atoms with Crippen LogP contribution in [0.5, 0.6) is 0 Å². The molecular weight excluding hydrogens is 304 g/mol. The number of hydrogen-bond acceptors (Lipinski definition) is 5. The lowest BCUT2D eigenvalue weighted by atomic mass is 10.2. The lowest BCUT2D eigenvalue weighted by Gasteiger charge is -2.19. The summed E-state index contributed by atoms with van der Waals surface area (Å²) >= 11 is 5.76. The molecule has 6 nitrogen and oxygen atoms in total. The van der Waals surface area contributed by atoms with E-state index in [9.17, 15) is 18.5 Å². The van der Waals surface area contributed by atoms with E-state index in [0.717, 1.165) is 5.56 Å². The van der Waals surface area contributed by atoms with Gasteiger partial charge in [-0.3, -0.25) is 15.0 Å². The number of hydrogen-bond donors (Lipinski definition) is 0. The topological polar surface area (TPSA) is 80.5 Å². The van der Waals surface area contributed by atoms with Gasteiger partial charge in [0.15, 0.2) is 9.84 Å². The summed E-state index contributed by atoms with van der Waals surface area (Å²) in [5, 5.41) is 10.9. The third kappa shape index (κ3) is 3.91. The van der Waals surface area contributed by atoms with Gasteiger partial charge in [-0.15, -0.1) is 0 Å². The zero-order valence-corrected chi connectivity index (χ0v) is 12.4. The first kappa shape index (κ1) is 15.2. The van der Waals surface area contributed by atoms with E-state index < -0.39 is 14.8 Å². The lowest BCUT2D eigenvalue weighted by Crippen LogP contribution is -2.26. The standard InChI is InChI=1S/C12H15ClN2O4S/c13-11-3-2-10(8-12(11)15(16)17)9-14-4-1-6-20(18,19)7-5-14/h2-3,8H,1,4-7,9H2. The Hall–Kier alpha value is -1.18. The van der Waals surface area contributed by atoms with E-state index in [4.69, 9.17) is 11.6 Å². The number of nitro benzene ring substituents is 1. The van der Waals surface area contributed by atoms with Crippen LogP contribution in [-0.2, 0) is 16.4 Å². The highest BCUT2D eigenvalue weighted by molar-refractivity contribution is 7.91. The van der Waals surface area contributed by atoms with Crippen molar-refractivity contribution < 1.29 is 13.3 Å². The van der Waals surface area contributed by atoms with E-state index in [1.165, 1.54) is 12.1 Å². The summed E-state index contributed by atoms with van der Waals surface area (Å²) < 4.78 is 23.0. The van der Waals surface area contributed by atoms with E-state index in [1.54, 1.807) is 6.07 Å². The van der Waals surface area contributed by atoms with Crippen molar-refractivity contribution in [2.24, 2.45) is 0 Å². The molecule has 1 aromatic carbocycles. The number of nitrogens with zero attached hydrogens (tertiary/aromatic N) is 2. The summed E-state index contributed by atoms with van der Waals surface area (Å²) in [4.78, 5) is 12.3. The van der Waals surface area contributed by atoms with Crippen molar-refractivity contribution >= 4 is 27.1 Å². The molecule has 0 aliphatic carbocycles. The van der Waals surface area contributed by atoms with Crippen LogP contribution >= 0.6 is 11.6 Å². The minimum absolute atomic E-state index is 0.109. The first-order chi connectivity index (χ1) is 9.37. The molecule has 0 amide bonds. The Balaban J connectivity index is 2.10. The molecule has 0 aromatic heterocycles. The van der Waals surface area contributed by atoms with E-state index >= 15 is 0 Å². The molecule has 0 spiro atoms. The van der Waals surface area contributed by atoms with Crippen LogP contribution in [-0.4, -0.2) is 42.8 Å². The van der Waals surface area contributed by atoms with Crippen molar-refractivity contribution in [3.63, 3.8) is 0 Å². The number of halogens is 1. The average Bonchev–Trinajstić information content (AvgIpc) is 2.53. The maximum atomic E-state index is 11.5. The molecule has 2 rings (SSSR count). The van der Waals surface area contributed by atoms with Gasteiger partial charge in [0.05, 0.1) is 16.4 Å². The zero-order chi connectivity index (χ0) is 14.8. The van der Waals surface area contributed by atoms with Crippen LogP contribution in [0.1, 0.15) is 12.0 Å². The Labute approximate surface area is 122 Å². The normalized spacial score (nSPS) is 19.4. The first-order valence-corrected chi connectivity index (χ1v) is 8.43. The first-order valence-electron chi connectivity index (χ1n) is 6.23. The van der Waals surface area contributed by atoms with Crippen molar-refractivity contribution in [3.8, 4) is 0 Å². The van der Waals surface area contributed by atoms with Gasteiger partial charge in [-0.1, -0.05) is 17.7 Å². The fraction of sp³-hybridized carbons (Fsp3) is 0.500. The molecule has 1 heterocycles. The van der Waals surface area contributed by atoms with Gasteiger partial charge in [0.25, 0.3) is 5.69 Å². The minimum Gasteiger partial charge on any atom is -0.298 e. The van der Waals surface area contributed by atoms with Gasteiger partial charge in [0.1, 0.15) is 5.02 Å². The lowest BCUT2D eigenvalue weighted by molar-refractivity contribution is -0.384. The summed E-state index contributed by atoms with van der Waals surface area (Å²) in [5.74, 6) is 0.354. The van der Waals surface area contributed by atoms with Crippen LogP contribution in [0.3, 0.4) is 0 Å². The van der Waals surface area contributed by atoms with Crippen molar-refractivity contribution in [1.29, 1.82) is 0 Å². The molecule has 1 fully saturated rings. The highest BCUT2D eigenvalue weighted by Gasteiger charge is 2.20. The summed E-state index contributed by atoms with van der Waals surface area (Å²) in [5.41, 5.74) is 0.645. The van der Waals surface area contributed by atoms with E-state index in [2.05, 4.69) is 0 Å². The molecule has 1 aromatic rings. The minimum atomic E-state index is -2.94. The van der Waals surface area contributed by atoms with Crippen LogP contribution in [0.2, 0.25) is 5.02 Å². The van der Waals surface area contributed by atoms with Gasteiger partial charge in [0, 0.05) is 19.2 Å². The fourth-order valence-corrected chi connectivity index (χ4v) is 3.70. The average molecular weight is 319 g/mol. The molecule has 1 saturated heterocycles. The Morgan fingerprint density at radius 3 is 2.75 bits per heavy atom. The van der Waals surface area contributed by atoms with Crippen LogP contribution in [0.4, 0.5) is 5.69 Å². The second kappa shape index (κ2) is 6.07. The quantitative estimate of drug-likeness (QED) is 0.628. The molecule has 0 N–H and O–H groups in total. The summed E-state index contributed by atoms with van der Waals surface area (Å²) in [6.07, 6.45) is 0.595. The third-order valence-corrected chi connectivity index (χ3v) is 5.30. The van der Waals surface area contributed by atoms with Crippen LogP contribution in [0.25, 0.3) is 0 Å². The van der Waals surface area contributed by atoms with Gasteiger partial charge in [-0.05, 0) is 24.6 Å². The summed E-state index contributed by atoms with van der Waals surface area (Å²) in [6, 6.07) is 4.68. The Bertz CT molecular complexity index is 618. The highest BCUT2D eigenvalue weighted by atomic mass is 35.5. The van der Waals surface area contributed by atoms with Gasteiger partial charge >= 0.3 is 0 Å². The fourth-order valence-electron chi connectivity index (χ4n) is 2.20. The van der Waals surface area contributed by atoms with Crippen LogP contribution < -0.4 is 0 Å². The van der Waals surface area contributed by atoms with Crippen LogP contribution in [0, 0.1) is 10.1 Å². The van der Waals surface area contributed by atoms with Crippen molar-refractivity contribution in [3.05, 3.63) is 38.9 Å². The molecule has 0 atom stereocenters. The zero-order valence-electron chi connectivity index (χ0n) is 10.8. The Kier molecular flexibility index (Phi) is 4.62. The monoisotopic (exact) mass is 318 g/mol. The van der Waals surface area contributed by atoms with Gasteiger partial charge in [-0.2, -0.15) is 0 Å². The molecular formula is C12H15ClN2O4S. The van der Waals surface area contributed by atoms with Gasteiger partial charge < -0.3 is 0 Å². The smallest absolute Gasteiger partial charge is 0.288 e. The van der Waals surface area contributed by atoms with Crippen LogP contribution in [0.15, 0.2) is 18.2 Å². The molecule has 1 aliphatic heterocycles. The van der Waals surface area contributed by atoms with Crippen molar-refractivity contribution in [2.45, 2.75) is 13.0 Å². The third-order valence-electron chi connectivity index (χ3n) is 3.26. The maximum absolute atomic E-state index is 11.5. The van der Waals surface area contributed by atoms with Crippen molar-refractivity contribution in [1.82, 2.24) is 4.90 Å². The predicted octanol–water partition coefficient (Wildman–Crippen LogP) is 1.87. The Morgan fingerprint density at radius 1 is 1.30 bits per heavy atom. The Morgan fingerprint density at radius 2 is 2.05 bits per heavy atom. The molecule has 20 heavy (non-hydrogen) atoms. The number of benzene rings is 1. The SMILES string of the molecule is O=[N+]([O-])c1cc(CN2CCCS(=O)(=O)CC2)ccc1Cl. The maximum Gasteiger partial charge on any atom is 0.288 e. The van der Waals surface area contributed by atoms with Crippen molar-refractivity contribution in [2.75, 3.05) is 24.6 Å². The number of sulfone groups is 1. The van der Waals surface area contributed by atoms with Gasteiger partial charge in [0.2, 0.25) is 0 Å². The number of nitro groups is 1. The molecule has 0 radical (unpaired) electrons. The molecule has 8 heteroatoms. The summed E-state index contributed by atoms with van der Waals surface area (Å²) in [6.45, 7) is 1.63. The molecule has 0 saturated carbocycles. The largest absolute Gasteiger partial charge is 0.298 e. The molecule has 1 aliphatic rings.